The molecule has 0 radical (unpaired) electrons. The third kappa shape index (κ3) is 3.93. The van der Waals surface area contributed by atoms with Gasteiger partial charge in [0.2, 0.25) is 0 Å². The zero-order chi connectivity index (χ0) is 13.5. The van der Waals surface area contributed by atoms with Crippen molar-refractivity contribution < 1.29 is 5.11 Å². The fraction of sp³-hybridized carbons (Fsp3) is 0.333. The molecule has 2 rings (SSSR count). The number of aryl methyl sites for hydroxylation is 1. The normalized spacial score (nSPS) is 12.3. The van der Waals surface area contributed by atoms with E-state index in [-0.39, 0.29) is 0 Å². The summed E-state index contributed by atoms with van der Waals surface area (Å²) in [7, 11) is 0. The van der Waals surface area contributed by atoms with E-state index in [2.05, 4.69) is 19.1 Å². The van der Waals surface area contributed by atoms with Gasteiger partial charge in [-0.15, -0.1) is 0 Å². The Morgan fingerprint density at radius 3 is 2.37 bits per heavy atom. The van der Waals surface area contributed by atoms with Gasteiger partial charge in [-0.1, -0.05) is 74.4 Å². The van der Waals surface area contributed by atoms with Gasteiger partial charge < -0.3 is 5.11 Å². The Morgan fingerprint density at radius 2 is 1.63 bits per heavy atom. The zero-order valence-electron chi connectivity index (χ0n) is 11.5. The lowest BCUT2D eigenvalue weighted by molar-refractivity contribution is 0.220. The van der Waals surface area contributed by atoms with Gasteiger partial charge in [-0.2, -0.15) is 0 Å². The molecule has 0 heterocycles. The van der Waals surface area contributed by atoms with Crippen LogP contribution >= 0.6 is 0 Å². The zero-order valence-corrected chi connectivity index (χ0v) is 11.5. The Bertz CT molecular complexity index is 490. The Morgan fingerprint density at radius 1 is 0.895 bits per heavy atom. The van der Waals surface area contributed by atoms with Crippen molar-refractivity contribution in [3.05, 3.63) is 71.3 Å². The fourth-order valence-corrected chi connectivity index (χ4v) is 2.33. The molecule has 0 aliphatic heterocycles. The van der Waals surface area contributed by atoms with E-state index in [1.165, 1.54) is 24.8 Å². The molecule has 1 heteroatoms. The summed E-state index contributed by atoms with van der Waals surface area (Å²) in [5.74, 6) is 0. The number of benzene rings is 2. The maximum absolute atomic E-state index is 10.4. The van der Waals surface area contributed by atoms with Crippen LogP contribution < -0.4 is 0 Å². The molecule has 0 aliphatic carbocycles. The molecule has 0 saturated carbocycles. The van der Waals surface area contributed by atoms with E-state index in [0.29, 0.717) is 0 Å². The quantitative estimate of drug-likeness (QED) is 0.752. The molecule has 2 aromatic carbocycles. The van der Waals surface area contributed by atoms with Crippen molar-refractivity contribution in [2.75, 3.05) is 0 Å². The summed E-state index contributed by atoms with van der Waals surface area (Å²) in [6, 6.07) is 18.2. The van der Waals surface area contributed by atoms with Gasteiger partial charge in [-0.3, -0.25) is 0 Å². The largest absolute Gasteiger partial charge is 0.384 e. The Balaban J connectivity index is 2.10. The van der Waals surface area contributed by atoms with Crippen molar-refractivity contribution in [1.29, 1.82) is 0 Å². The molecule has 0 bridgehead atoms. The molecule has 100 valence electrons. The molecule has 1 nitrogen and oxygen atoms in total. The smallest absolute Gasteiger partial charge is 0.104 e. The number of aliphatic hydroxyl groups excluding tert-OH is 1. The first kappa shape index (κ1) is 13.8. The maximum Gasteiger partial charge on any atom is 0.104 e. The van der Waals surface area contributed by atoms with Crippen LogP contribution in [0.15, 0.2) is 54.6 Å². The van der Waals surface area contributed by atoms with Crippen LogP contribution in [0.3, 0.4) is 0 Å². The predicted octanol–water partition coefficient (Wildman–Crippen LogP) is 4.50. The van der Waals surface area contributed by atoms with Gasteiger partial charge in [0.25, 0.3) is 0 Å². The van der Waals surface area contributed by atoms with Gasteiger partial charge in [-0.05, 0) is 29.5 Å². The minimum atomic E-state index is -0.521. The molecule has 1 atom stereocenters. The van der Waals surface area contributed by atoms with E-state index in [0.717, 1.165) is 17.5 Å². The molecule has 0 spiro atoms. The number of hydrogen-bond donors (Lipinski definition) is 1. The van der Waals surface area contributed by atoms with Crippen LogP contribution in [-0.4, -0.2) is 5.11 Å². The van der Waals surface area contributed by atoms with Gasteiger partial charge in [0.15, 0.2) is 0 Å². The van der Waals surface area contributed by atoms with Gasteiger partial charge in [0.1, 0.15) is 6.10 Å². The first-order valence-corrected chi connectivity index (χ1v) is 7.13. The molecule has 0 fully saturated rings. The summed E-state index contributed by atoms with van der Waals surface area (Å²) in [4.78, 5) is 0. The summed E-state index contributed by atoms with van der Waals surface area (Å²) in [6.07, 6.45) is 4.31. The van der Waals surface area contributed by atoms with Crippen molar-refractivity contribution in [3.63, 3.8) is 0 Å². The summed E-state index contributed by atoms with van der Waals surface area (Å²) in [5, 5.41) is 10.4. The molecule has 2 aromatic rings. The highest BCUT2D eigenvalue weighted by atomic mass is 16.3. The van der Waals surface area contributed by atoms with E-state index in [1.54, 1.807) is 0 Å². The number of hydrogen-bond acceptors (Lipinski definition) is 1. The average molecular weight is 254 g/mol. The first-order valence-electron chi connectivity index (χ1n) is 7.13. The van der Waals surface area contributed by atoms with E-state index in [4.69, 9.17) is 0 Å². The molecule has 0 saturated heterocycles. The van der Waals surface area contributed by atoms with Crippen LogP contribution in [-0.2, 0) is 6.42 Å². The van der Waals surface area contributed by atoms with Crippen molar-refractivity contribution in [2.24, 2.45) is 0 Å². The lowest BCUT2D eigenvalue weighted by Crippen LogP contribution is -2.00. The van der Waals surface area contributed by atoms with Gasteiger partial charge in [0, 0.05) is 0 Å². The van der Waals surface area contributed by atoms with Crippen molar-refractivity contribution in [3.8, 4) is 0 Å². The van der Waals surface area contributed by atoms with Crippen LogP contribution in [0.25, 0.3) is 0 Å². The number of aliphatic hydroxyl groups is 1. The van der Waals surface area contributed by atoms with Crippen molar-refractivity contribution in [2.45, 2.75) is 38.7 Å². The van der Waals surface area contributed by atoms with E-state index < -0.39 is 6.10 Å². The van der Waals surface area contributed by atoms with Crippen LogP contribution in [0.2, 0.25) is 0 Å². The van der Waals surface area contributed by atoms with E-state index in [1.807, 2.05) is 42.5 Å². The summed E-state index contributed by atoms with van der Waals surface area (Å²) in [5.41, 5.74) is 3.26. The molecular formula is C18H22O. The highest BCUT2D eigenvalue weighted by molar-refractivity contribution is 5.32. The Kier molecular flexibility index (Phi) is 5.17. The summed E-state index contributed by atoms with van der Waals surface area (Å²) in [6.45, 7) is 2.22. The number of unbranched alkanes of at least 4 members (excludes halogenated alkanes) is 2. The van der Waals surface area contributed by atoms with Crippen LogP contribution in [0.5, 0.6) is 0 Å². The standard InChI is InChI=1S/C18H22O/c1-2-3-5-9-15-10-8-13-17(14-15)18(19)16-11-6-4-7-12-16/h4,6-8,10-14,18-19H,2-3,5,9H2,1H3. The molecule has 0 aromatic heterocycles. The van der Waals surface area contributed by atoms with Crippen molar-refractivity contribution >= 4 is 0 Å². The lowest BCUT2D eigenvalue weighted by atomic mass is 9.98. The second kappa shape index (κ2) is 7.10. The van der Waals surface area contributed by atoms with Gasteiger partial charge in [-0.25, -0.2) is 0 Å². The van der Waals surface area contributed by atoms with Crippen molar-refractivity contribution in [1.82, 2.24) is 0 Å². The first-order chi connectivity index (χ1) is 9.31. The average Bonchev–Trinajstić information content (AvgIpc) is 2.48. The second-order valence-corrected chi connectivity index (χ2v) is 5.02. The predicted molar refractivity (Wildman–Crippen MR) is 80.2 cm³/mol. The lowest BCUT2D eigenvalue weighted by Gasteiger charge is -2.12. The minimum Gasteiger partial charge on any atom is -0.384 e. The molecular weight excluding hydrogens is 232 g/mol. The molecule has 1 N–H and O–H groups in total. The fourth-order valence-electron chi connectivity index (χ4n) is 2.33. The topological polar surface area (TPSA) is 20.2 Å². The molecule has 19 heavy (non-hydrogen) atoms. The Labute approximate surface area is 115 Å². The maximum atomic E-state index is 10.4. The summed E-state index contributed by atoms with van der Waals surface area (Å²) >= 11 is 0. The SMILES string of the molecule is CCCCCc1cccc(C(O)c2ccccc2)c1. The highest BCUT2D eigenvalue weighted by Gasteiger charge is 2.09. The molecule has 0 aliphatic rings. The van der Waals surface area contributed by atoms with Crippen LogP contribution in [0.4, 0.5) is 0 Å². The Hall–Kier alpha value is -1.60. The van der Waals surface area contributed by atoms with E-state index in [9.17, 15) is 5.11 Å². The second-order valence-electron chi connectivity index (χ2n) is 5.02. The van der Waals surface area contributed by atoms with Crippen LogP contribution in [0.1, 0.15) is 49.0 Å². The highest BCUT2D eigenvalue weighted by Crippen LogP contribution is 2.22. The van der Waals surface area contributed by atoms with Gasteiger partial charge in [0.05, 0.1) is 0 Å². The van der Waals surface area contributed by atoms with Crippen LogP contribution in [0, 0.1) is 0 Å². The van der Waals surface area contributed by atoms with Gasteiger partial charge >= 0.3 is 0 Å². The minimum absolute atomic E-state index is 0.521. The third-order valence-corrected chi connectivity index (χ3v) is 3.45. The molecule has 1 unspecified atom stereocenters. The molecule has 0 amide bonds. The number of rotatable bonds is 6. The monoisotopic (exact) mass is 254 g/mol. The third-order valence-electron chi connectivity index (χ3n) is 3.45. The summed E-state index contributed by atoms with van der Waals surface area (Å²) < 4.78 is 0. The van der Waals surface area contributed by atoms with E-state index >= 15 is 0 Å².